The third kappa shape index (κ3) is 1.14. The van der Waals surface area contributed by atoms with E-state index in [4.69, 9.17) is 4.74 Å². The number of para-hydroxylation sites is 1. The standard InChI is InChI=1S/C11H9NO2/c13-11-8(10-6-14-10)5-7-3-1-2-4-9(7)12-11/h1-5,10H,6H2,(H,12,13). The van der Waals surface area contributed by atoms with Crippen LogP contribution in [0.25, 0.3) is 10.9 Å². The highest BCUT2D eigenvalue weighted by molar-refractivity contribution is 5.78. The number of ether oxygens (including phenoxy) is 1. The number of H-pyrrole nitrogens is 1. The van der Waals surface area contributed by atoms with Crippen molar-refractivity contribution in [3.8, 4) is 0 Å². The van der Waals surface area contributed by atoms with Crippen LogP contribution in [0.4, 0.5) is 0 Å². The lowest BCUT2D eigenvalue weighted by atomic mass is 10.1. The van der Waals surface area contributed by atoms with E-state index in [1.54, 1.807) is 0 Å². The van der Waals surface area contributed by atoms with Gasteiger partial charge in [0.25, 0.3) is 5.56 Å². The smallest absolute Gasteiger partial charge is 0.254 e. The predicted molar refractivity (Wildman–Crippen MR) is 53.3 cm³/mol. The summed E-state index contributed by atoms with van der Waals surface area (Å²) in [5.41, 5.74) is 1.58. The molecule has 0 saturated carbocycles. The lowest BCUT2D eigenvalue weighted by Crippen LogP contribution is -2.11. The van der Waals surface area contributed by atoms with Crippen molar-refractivity contribution < 1.29 is 4.74 Å². The first-order chi connectivity index (χ1) is 6.84. The number of hydrogen-bond donors (Lipinski definition) is 1. The van der Waals surface area contributed by atoms with Gasteiger partial charge in [-0.2, -0.15) is 0 Å². The number of hydrogen-bond acceptors (Lipinski definition) is 2. The second-order valence-electron chi connectivity index (χ2n) is 3.46. The van der Waals surface area contributed by atoms with E-state index in [1.165, 1.54) is 0 Å². The number of epoxide rings is 1. The second-order valence-corrected chi connectivity index (χ2v) is 3.46. The molecule has 3 rings (SSSR count). The normalized spacial score (nSPS) is 19.9. The van der Waals surface area contributed by atoms with Gasteiger partial charge in [0.15, 0.2) is 0 Å². The van der Waals surface area contributed by atoms with Crippen molar-refractivity contribution in [3.05, 3.63) is 46.2 Å². The molecule has 2 heterocycles. The molecule has 1 aromatic heterocycles. The van der Waals surface area contributed by atoms with Crippen molar-refractivity contribution in [1.82, 2.24) is 4.98 Å². The molecule has 1 N–H and O–H groups in total. The number of benzene rings is 1. The van der Waals surface area contributed by atoms with E-state index >= 15 is 0 Å². The highest BCUT2D eigenvalue weighted by atomic mass is 16.6. The number of rotatable bonds is 1. The van der Waals surface area contributed by atoms with Crippen LogP contribution in [0.5, 0.6) is 0 Å². The van der Waals surface area contributed by atoms with Gasteiger partial charge in [-0.1, -0.05) is 18.2 Å². The van der Waals surface area contributed by atoms with Crippen LogP contribution in [0.15, 0.2) is 35.1 Å². The summed E-state index contributed by atoms with van der Waals surface area (Å²) >= 11 is 0. The Kier molecular flexibility index (Phi) is 1.49. The van der Waals surface area contributed by atoms with Crippen molar-refractivity contribution >= 4 is 10.9 Å². The van der Waals surface area contributed by atoms with Gasteiger partial charge in [-0.25, -0.2) is 0 Å². The van der Waals surface area contributed by atoms with Crippen LogP contribution < -0.4 is 5.56 Å². The molecule has 1 fully saturated rings. The summed E-state index contributed by atoms with van der Waals surface area (Å²) in [5.74, 6) is 0. The average molecular weight is 187 g/mol. The summed E-state index contributed by atoms with van der Waals surface area (Å²) in [6.07, 6.45) is 0.0170. The van der Waals surface area contributed by atoms with Gasteiger partial charge in [0.1, 0.15) is 6.10 Å². The van der Waals surface area contributed by atoms with E-state index in [-0.39, 0.29) is 11.7 Å². The van der Waals surface area contributed by atoms with Gasteiger partial charge >= 0.3 is 0 Å². The van der Waals surface area contributed by atoms with E-state index in [2.05, 4.69) is 4.98 Å². The van der Waals surface area contributed by atoms with E-state index in [0.29, 0.717) is 6.61 Å². The molecule has 1 unspecified atom stereocenters. The summed E-state index contributed by atoms with van der Waals surface area (Å²) in [7, 11) is 0. The van der Waals surface area contributed by atoms with Gasteiger partial charge in [0.05, 0.1) is 6.61 Å². The van der Waals surface area contributed by atoms with E-state index < -0.39 is 0 Å². The third-order valence-corrected chi connectivity index (χ3v) is 2.46. The molecular weight excluding hydrogens is 178 g/mol. The van der Waals surface area contributed by atoms with Gasteiger partial charge in [0, 0.05) is 11.1 Å². The molecule has 14 heavy (non-hydrogen) atoms. The molecule has 0 radical (unpaired) electrons. The van der Waals surface area contributed by atoms with Crippen LogP contribution in [0.2, 0.25) is 0 Å². The summed E-state index contributed by atoms with van der Waals surface area (Å²) in [6.45, 7) is 0.668. The van der Waals surface area contributed by atoms with Crippen LogP contribution >= 0.6 is 0 Å². The van der Waals surface area contributed by atoms with Crippen molar-refractivity contribution in [3.63, 3.8) is 0 Å². The Morgan fingerprint density at radius 1 is 1.36 bits per heavy atom. The lowest BCUT2D eigenvalue weighted by Gasteiger charge is -1.99. The van der Waals surface area contributed by atoms with Gasteiger partial charge in [-0.05, 0) is 17.5 Å². The second kappa shape index (κ2) is 2.69. The summed E-state index contributed by atoms with van der Waals surface area (Å²) in [4.78, 5) is 14.4. The highest BCUT2D eigenvalue weighted by Crippen LogP contribution is 2.28. The molecule has 70 valence electrons. The van der Waals surface area contributed by atoms with Gasteiger partial charge in [-0.3, -0.25) is 4.79 Å². The Balaban J connectivity index is 2.32. The van der Waals surface area contributed by atoms with Crippen molar-refractivity contribution in [1.29, 1.82) is 0 Å². The molecule has 2 aromatic rings. The Labute approximate surface area is 80.3 Å². The predicted octanol–water partition coefficient (Wildman–Crippen LogP) is 1.60. The number of fused-ring (bicyclic) bond motifs is 1. The largest absolute Gasteiger partial charge is 0.368 e. The average Bonchev–Trinajstić information content (AvgIpc) is 3.00. The van der Waals surface area contributed by atoms with E-state index in [9.17, 15) is 4.79 Å². The fourth-order valence-corrected chi connectivity index (χ4v) is 1.63. The van der Waals surface area contributed by atoms with Gasteiger partial charge in [0.2, 0.25) is 0 Å². The number of aromatic amines is 1. The zero-order valence-electron chi connectivity index (χ0n) is 7.49. The molecule has 0 spiro atoms. The van der Waals surface area contributed by atoms with Crippen LogP contribution in [0, 0.1) is 0 Å². The zero-order valence-corrected chi connectivity index (χ0v) is 7.49. The zero-order chi connectivity index (χ0) is 9.54. The van der Waals surface area contributed by atoms with E-state index in [1.807, 2.05) is 30.3 Å². The van der Waals surface area contributed by atoms with Crippen molar-refractivity contribution in [2.45, 2.75) is 6.10 Å². The summed E-state index contributed by atoms with van der Waals surface area (Å²) in [5, 5.41) is 1.05. The Morgan fingerprint density at radius 3 is 2.93 bits per heavy atom. The molecule has 0 aliphatic carbocycles. The first kappa shape index (κ1) is 7.76. The van der Waals surface area contributed by atoms with Crippen LogP contribution in [-0.2, 0) is 4.74 Å². The molecule has 3 nitrogen and oxygen atoms in total. The minimum Gasteiger partial charge on any atom is -0.368 e. The maximum Gasteiger partial charge on any atom is 0.254 e. The molecule has 3 heteroatoms. The summed E-state index contributed by atoms with van der Waals surface area (Å²) < 4.78 is 5.10. The highest BCUT2D eigenvalue weighted by Gasteiger charge is 2.27. The molecular formula is C11H9NO2. The lowest BCUT2D eigenvalue weighted by molar-refractivity contribution is 0.414. The number of aromatic nitrogens is 1. The third-order valence-electron chi connectivity index (χ3n) is 2.46. The van der Waals surface area contributed by atoms with Crippen molar-refractivity contribution in [2.24, 2.45) is 0 Å². The first-order valence-electron chi connectivity index (χ1n) is 4.58. The van der Waals surface area contributed by atoms with Crippen LogP contribution in [-0.4, -0.2) is 11.6 Å². The molecule has 0 amide bonds. The monoisotopic (exact) mass is 187 g/mol. The molecule has 1 atom stereocenters. The maximum absolute atomic E-state index is 11.6. The minimum atomic E-state index is -0.0359. The first-order valence-corrected chi connectivity index (χ1v) is 4.58. The van der Waals surface area contributed by atoms with Crippen LogP contribution in [0.1, 0.15) is 11.7 Å². The topological polar surface area (TPSA) is 45.4 Å². The number of nitrogens with one attached hydrogen (secondary N) is 1. The van der Waals surface area contributed by atoms with E-state index in [0.717, 1.165) is 16.5 Å². The molecule has 1 aromatic carbocycles. The molecule has 1 aliphatic rings. The fraction of sp³-hybridized carbons (Fsp3) is 0.182. The Morgan fingerprint density at radius 2 is 2.14 bits per heavy atom. The summed E-state index contributed by atoms with van der Waals surface area (Å²) in [6, 6.07) is 9.65. The molecule has 1 aliphatic heterocycles. The van der Waals surface area contributed by atoms with Gasteiger partial charge in [-0.15, -0.1) is 0 Å². The maximum atomic E-state index is 11.6. The quantitative estimate of drug-likeness (QED) is 0.689. The Hall–Kier alpha value is -1.61. The van der Waals surface area contributed by atoms with Crippen molar-refractivity contribution in [2.75, 3.05) is 6.61 Å². The Bertz CT molecular complexity index is 540. The number of pyridine rings is 1. The fourth-order valence-electron chi connectivity index (χ4n) is 1.63. The molecule has 0 bridgehead atoms. The SMILES string of the molecule is O=c1[nH]c2ccccc2cc1C1CO1. The van der Waals surface area contributed by atoms with Crippen LogP contribution in [0.3, 0.4) is 0 Å². The minimum absolute atomic E-state index is 0.0170. The van der Waals surface area contributed by atoms with Gasteiger partial charge < -0.3 is 9.72 Å². The molecule has 1 saturated heterocycles.